The molecule has 0 aliphatic carbocycles. The van der Waals surface area contributed by atoms with Crippen molar-refractivity contribution in [3.63, 3.8) is 0 Å². The molecule has 55 heavy (non-hydrogen) atoms. The van der Waals surface area contributed by atoms with Gasteiger partial charge in [-0.05, 0) is 62.0 Å². The monoisotopic (exact) mass is 774 g/mol. The minimum Gasteiger partial charge on any atom is -0.394 e. The number of aliphatic hydroxyl groups excluding tert-OH is 3. The molecular formula is C42H62O13. The lowest BCUT2D eigenvalue weighted by Crippen LogP contribution is -2.61. The topological polar surface area (TPSA) is 161 Å². The third-order valence-electron chi connectivity index (χ3n) is 14.5. The van der Waals surface area contributed by atoms with E-state index in [1.807, 2.05) is 0 Å². The van der Waals surface area contributed by atoms with E-state index in [1.165, 1.54) is 0 Å². The summed E-state index contributed by atoms with van der Waals surface area (Å²) in [4.78, 5) is 14.1. The Bertz CT molecular complexity index is 1440. The van der Waals surface area contributed by atoms with Crippen molar-refractivity contribution in [2.75, 3.05) is 13.7 Å². The molecular weight excluding hydrogens is 712 g/mol. The molecule has 0 amide bonds. The van der Waals surface area contributed by atoms with Crippen LogP contribution in [0, 0.1) is 11.8 Å². The molecule has 10 rings (SSSR count). The molecule has 0 aromatic heterocycles. The van der Waals surface area contributed by atoms with E-state index in [2.05, 4.69) is 20.1 Å². The van der Waals surface area contributed by atoms with Gasteiger partial charge in [-0.15, -0.1) is 0 Å². The minimum absolute atomic E-state index is 0.00601. The van der Waals surface area contributed by atoms with E-state index in [0.717, 1.165) is 49.7 Å². The van der Waals surface area contributed by atoms with Gasteiger partial charge in [-0.3, -0.25) is 4.79 Å². The van der Waals surface area contributed by atoms with Gasteiger partial charge in [0.15, 0.2) is 5.79 Å². The van der Waals surface area contributed by atoms with Crippen LogP contribution in [0.15, 0.2) is 24.3 Å². The summed E-state index contributed by atoms with van der Waals surface area (Å²) >= 11 is 0. The van der Waals surface area contributed by atoms with Gasteiger partial charge in [0.2, 0.25) is 0 Å². The molecule has 0 aromatic rings. The second-order valence-corrected chi connectivity index (χ2v) is 18.3. The number of carbonyl (C=O) groups excluding carboxylic acids is 1. The molecule has 10 fully saturated rings. The molecule has 3 N–H and O–H groups in total. The number of ketones is 1. The van der Waals surface area contributed by atoms with Crippen LogP contribution >= 0.6 is 0 Å². The Morgan fingerprint density at radius 1 is 0.764 bits per heavy atom. The summed E-state index contributed by atoms with van der Waals surface area (Å²) in [7, 11) is 1.62. The summed E-state index contributed by atoms with van der Waals surface area (Å²) in [5, 5.41) is 30.3. The average Bonchev–Trinajstić information content (AvgIpc) is 3.83. The molecule has 1 spiro atoms. The Balaban J connectivity index is 0.982. The Kier molecular flexibility index (Phi) is 11.2. The standard InChI is InChI=1S/C42H62O13/c1-20-11-26-5-7-30-21(2)12-28(48-30)9-10-42-18-35-38(54-42)39-40(53-35)41(55-42)37-31(52-39)8-6-27(50-37)14-24(45)15-29-33(17-32(49-26)22(20)3)51-34(36(29)47-4)16-23(44)13-25(46)19-43/h20,23,25-41,43-44,46H,2-3,5-19H2,1,4H3/t20-,23+,25?,26+,27?,28+,29+,30?,31+,32?,33+,34?,35+,36-,37+,38+,39+,40-,41+,42+/m1/s1. The zero-order valence-corrected chi connectivity index (χ0v) is 32.4. The Hall–Kier alpha value is -1.33. The first-order chi connectivity index (χ1) is 26.5. The first-order valence-corrected chi connectivity index (χ1v) is 21.2. The number of hydrogen-bond acceptors (Lipinski definition) is 13. The van der Waals surface area contributed by atoms with Crippen molar-refractivity contribution >= 4 is 5.78 Å². The number of fused-ring (bicyclic) bond motifs is 6. The van der Waals surface area contributed by atoms with Crippen molar-refractivity contribution in [1.82, 2.24) is 0 Å². The lowest BCUT2D eigenvalue weighted by molar-refractivity contribution is -0.292. The van der Waals surface area contributed by atoms with Gasteiger partial charge in [0.05, 0.1) is 79.9 Å². The highest BCUT2D eigenvalue weighted by molar-refractivity contribution is 5.79. The molecule has 10 heterocycles. The third-order valence-corrected chi connectivity index (χ3v) is 14.5. The van der Waals surface area contributed by atoms with Gasteiger partial charge in [0.1, 0.15) is 36.3 Å². The first-order valence-electron chi connectivity index (χ1n) is 21.2. The van der Waals surface area contributed by atoms with Crippen molar-refractivity contribution in [2.45, 2.75) is 206 Å². The summed E-state index contributed by atoms with van der Waals surface area (Å²) < 4.78 is 60.1. The van der Waals surface area contributed by atoms with Crippen LogP contribution in [0.4, 0.5) is 0 Å². The summed E-state index contributed by atoms with van der Waals surface area (Å²) in [6.07, 6.45) is 2.48. The fourth-order valence-corrected chi connectivity index (χ4v) is 11.7. The van der Waals surface area contributed by atoms with E-state index in [-0.39, 0.29) is 117 Å². The van der Waals surface area contributed by atoms with E-state index in [4.69, 9.17) is 42.6 Å². The highest BCUT2D eigenvalue weighted by atomic mass is 16.8. The largest absolute Gasteiger partial charge is 0.394 e. The molecule has 12 bridgehead atoms. The molecule has 5 unspecified atom stereocenters. The molecule has 308 valence electrons. The van der Waals surface area contributed by atoms with Gasteiger partial charge < -0.3 is 58.0 Å². The number of carbonyl (C=O) groups is 1. The maximum Gasteiger partial charge on any atom is 0.172 e. The molecule has 10 saturated heterocycles. The van der Waals surface area contributed by atoms with E-state index in [9.17, 15) is 20.1 Å². The van der Waals surface area contributed by atoms with Crippen molar-refractivity contribution in [3.8, 4) is 0 Å². The van der Waals surface area contributed by atoms with E-state index >= 15 is 0 Å². The van der Waals surface area contributed by atoms with E-state index in [1.54, 1.807) is 7.11 Å². The first kappa shape index (κ1) is 39.1. The van der Waals surface area contributed by atoms with Crippen LogP contribution in [-0.2, 0) is 47.4 Å². The van der Waals surface area contributed by atoms with E-state index in [0.29, 0.717) is 25.7 Å². The number of hydrogen-bond donors (Lipinski definition) is 3. The normalized spacial score (nSPS) is 50.8. The Morgan fingerprint density at radius 3 is 2.33 bits per heavy atom. The Morgan fingerprint density at radius 2 is 1.51 bits per heavy atom. The summed E-state index contributed by atoms with van der Waals surface area (Å²) in [6.45, 7) is 10.7. The van der Waals surface area contributed by atoms with Crippen molar-refractivity contribution in [2.24, 2.45) is 11.8 Å². The maximum absolute atomic E-state index is 14.1. The predicted octanol–water partition coefficient (Wildman–Crippen LogP) is 3.22. The summed E-state index contributed by atoms with van der Waals surface area (Å²) in [5.74, 6) is -0.803. The number of ether oxygens (including phenoxy) is 9. The van der Waals surface area contributed by atoms with Crippen molar-refractivity contribution in [3.05, 3.63) is 24.3 Å². The van der Waals surface area contributed by atoms with Gasteiger partial charge >= 0.3 is 0 Å². The molecule has 10 aliphatic heterocycles. The van der Waals surface area contributed by atoms with Crippen LogP contribution in [-0.4, -0.2) is 144 Å². The lowest BCUT2D eigenvalue weighted by Gasteiger charge is -2.47. The highest BCUT2D eigenvalue weighted by Crippen LogP contribution is 2.54. The molecule has 0 saturated carbocycles. The highest BCUT2D eigenvalue weighted by Gasteiger charge is 2.68. The van der Waals surface area contributed by atoms with Gasteiger partial charge in [-0.2, -0.15) is 0 Å². The molecule has 20 atom stereocenters. The SMILES string of the molecule is C=C1C[C@@H]2CC[C@@]34C[C@@H]5O[C@@H]6[C@@H](O[C@H]7CCC(CC(=O)C[C@H]8[C@H](CC9O[C@@H](CCC1O2)C[C@@H](C)C9=C)OC(C[C@@H](O)CC(O)CO)[C@@H]8OC)O[C@@H]7[C@@H]6O3)[C@H]5O4. The predicted molar refractivity (Wildman–Crippen MR) is 195 cm³/mol. The number of Topliss-reactive ketones (excluding diaryl/α,β-unsaturated/α-hetero) is 1. The van der Waals surface area contributed by atoms with Crippen LogP contribution in [0.5, 0.6) is 0 Å². The second-order valence-electron chi connectivity index (χ2n) is 18.3. The smallest absolute Gasteiger partial charge is 0.172 e. The second kappa shape index (κ2) is 15.7. The van der Waals surface area contributed by atoms with Crippen LogP contribution in [0.1, 0.15) is 96.8 Å². The number of aliphatic hydroxyl groups is 3. The van der Waals surface area contributed by atoms with Crippen molar-refractivity contribution < 1.29 is 62.7 Å². The fourth-order valence-electron chi connectivity index (χ4n) is 11.7. The molecule has 10 aliphatic rings. The van der Waals surface area contributed by atoms with Crippen molar-refractivity contribution in [1.29, 1.82) is 0 Å². The van der Waals surface area contributed by atoms with Crippen LogP contribution in [0.25, 0.3) is 0 Å². The van der Waals surface area contributed by atoms with Crippen LogP contribution in [0.3, 0.4) is 0 Å². The fraction of sp³-hybridized carbons (Fsp3) is 0.881. The van der Waals surface area contributed by atoms with E-state index < -0.39 is 42.9 Å². The van der Waals surface area contributed by atoms with Gasteiger partial charge in [0.25, 0.3) is 0 Å². The zero-order chi connectivity index (χ0) is 38.2. The number of rotatable bonds is 6. The average molecular weight is 775 g/mol. The molecule has 0 aromatic carbocycles. The quantitative estimate of drug-likeness (QED) is 0.338. The maximum atomic E-state index is 14.1. The molecule has 13 heteroatoms. The van der Waals surface area contributed by atoms with Gasteiger partial charge in [0, 0.05) is 58.0 Å². The number of methoxy groups -OCH3 is 1. The molecule has 13 nitrogen and oxygen atoms in total. The Labute approximate surface area is 324 Å². The third kappa shape index (κ3) is 7.57. The summed E-state index contributed by atoms with van der Waals surface area (Å²) in [5.41, 5.74) is 2.14. The minimum atomic E-state index is -1.04. The van der Waals surface area contributed by atoms with Gasteiger partial charge in [-0.25, -0.2) is 0 Å². The summed E-state index contributed by atoms with van der Waals surface area (Å²) in [6, 6.07) is 0. The van der Waals surface area contributed by atoms with Gasteiger partial charge in [-0.1, -0.05) is 20.1 Å². The van der Waals surface area contributed by atoms with Crippen LogP contribution in [0.2, 0.25) is 0 Å². The zero-order valence-electron chi connectivity index (χ0n) is 32.4. The van der Waals surface area contributed by atoms with Crippen LogP contribution < -0.4 is 0 Å². The lowest BCUT2D eigenvalue weighted by atomic mass is 9.81. The molecule has 0 radical (unpaired) electrons.